The highest BCUT2D eigenvalue weighted by Crippen LogP contribution is 2.46. The first-order valence-electron chi connectivity index (χ1n) is 9.22. The van der Waals surface area contributed by atoms with Crippen LogP contribution in [0.2, 0.25) is 0 Å². The van der Waals surface area contributed by atoms with Crippen LogP contribution < -0.4 is 0 Å². The van der Waals surface area contributed by atoms with Gasteiger partial charge in [0.25, 0.3) is 0 Å². The number of hydrogen-bond acceptors (Lipinski definition) is 0. The highest BCUT2D eigenvalue weighted by molar-refractivity contribution is 5.11. The Hall–Kier alpha value is -0.470. The van der Waals surface area contributed by atoms with Gasteiger partial charge in [-0.05, 0) is 74.5 Å². The minimum atomic E-state index is -1.70. The van der Waals surface area contributed by atoms with Gasteiger partial charge in [-0.3, -0.25) is 0 Å². The Bertz CT molecular complexity index is 401. The minimum Gasteiger partial charge on any atom is -0.240 e. The fourth-order valence-electron chi connectivity index (χ4n) is 5.15. The molecular formula is C19H29F3. The van der Waals surface area contributed by atoms with E-state index in [1.807, 2.05) is 0 Å². The monoisotopic (exact) mass is 314 g/mol. The van der Waals surface area contributed by atoms with Gasteiger partial charge >= 0.3 is 0 Å². The summed E-state index contributed by atoms with van der Waals surface area (Å²) in [7, 11) is 0. The molecule has 2 fully saturated rings. The molecule has 126 valence electrons. The van der Waals surface area contributed by atoms with Gasteiger partial charge < -0.3 is 0 Å². The van der Waals surface area contributed by atoms with Gasteiger partial charge in [-0.15, -0.1) is 0 Å². The molecule has 3 heteroatoms. The fourth-order valence-corrected chi connectivity index (χ4v) is 5.15. The van der Waals surface area contributed by atoms with Gasteiger partial charge in [0.15, 0.2) is 12.0 Å². The molecule has 0 spiro atoms. The van der Waals surface area contributed by atoms with Gasteiger partial charge in [-0.2, -0.15) is 0 Å². The van der Waals surface area contributed by atoms with Crippen LogP contribution in [0.1, 0.15) is 71.1 Å². The Labute approximate surface area is 132 Å². The lowest BCUT2D eigenvalue weighted by molar-refractivity contribution is 0.104. The zero-order valence-corrected chi connectivity index (χ0v) is 13.7. The molecule has 2 saturated carbocycles. The lowest BCUT2D eigenvalue weighted by Crippen LogP contribution is -2.30. The molecule has 0 aromatic carbocycles. The zero-order valence-electron chi connectivity index (χ0n) is 13.7. The molecule has 3 rings (SSSR count). The average molecular weight is 314 g/mol. The molecule has 0 aliphatic heterocycles. The molecule has 0 radical (unpaired) electrons. The molecule has 0 aromatic rings. The summed E-state index contributed by atoms with van der Waals surface area (Å²) in [6.07, 6.45) is 8.69. The molecule has 0 aromatic heterocycles. The predicted octanol–water partition coefficient (Wildman–Crippen LogP) is 6.52. The molecular weight excluding hydrogens is 285 g/mol. The van der Waals surface area contributed by atoms with Gasteiger partial charge in [0.1, 0.15) is 5.83 Å². The molecule has 2 unspecified atom stereocenters. The van der Waals surface area contributed by atoms with E-state index in [2.05, 4.69) is 6.92 Å². The third-order valence-electron chi connectivity index (χ3n) is 6.70. The number of hydrogen-bond donors (Lipinski definition) is 0. The highest BCUT2D eigenvalue weighted by atomic mass is 19.2. The zero-order chi connectivity index (χ0) is 15.7. The summed E-state index contributed by atoms with van der Waals surface area (Å²) >= 11 is 0. The largest absolute Gasteiger partial charge is 0.240 e. The van der Waals surface area contributed by atoms with Gasteiger partial charge in [-0.25, -0.2) is 13.2 Å². The van der Waals surface area contributed by atoms with E-state index in [0.29, 0.717) is 5.92 Å². The van der Waals surface area contributed by atoms with Crippen molar-refractivity contribution in [3.05, 3.63) is 11.7 Å². The molecule has 0 nitrogen and oxygen atoms in total. The normalized spacial score (nSPS) is 44.2. The van der Waals surface area contributed by atoms with Crippen LogP contribution in [0.4, 0.5) is 13.2 Å². The number of rotatable bonds is 2. The van der Waals surface area contributed by atoms with Crippen LogP contribution in [-0.4, -0.2) is 6.17 Å². The van der Waals surface area contributed by atoms with Crippen LogP contribution in [0.3, 0.4) is 0 Å². The summed E-state index contributed by atoms with van der Waals surface area (Å²) < 4.78 is 40.2. The van der Waals surface area contributed by atoms with Gasteiger partial charge in [-0.1, -0.05) is 19.8 Å². The first-order valence-corrected chi connectivity index (χ1v) is 9.22. The second-order valence-electron chi connectivity index (χ2n) is 8.12. The lowest BCUT2D eigenvalue weighted by atomic mass is 9.66. The number of alkyl halides is 1. The van der Waals surface area contributed by atoms with Crippen LogP contribution in [-0.2, 0) is 0 Å². The maximum atomic E-state index is 13.6. The van der Waals surface area contributed by atoms with Crippen molar-refractivity contribution in [2.24, 2.45) is 29.6 Å². The van der Waals surface area contributed by atoms with Crippen molar-refractivity contribution in [3.63, 3.8) is 0 Å². The van der Waals surface area contributed by atoms with Crippen molar-refractivity contribution >= 4 is 0 Å². The topological polar surface area (TPSA) is 0 Å². The quantitative estimate of drug-likeness (QED) is 0.544. The Morgan fingerprint density at radius 1 is 0.727 bits per heavy atom. The molecule has 0 amide bonds. The van der Waals surface area contributed by atoms with Crippen molar-refractivity contribution in [2.75, 3.05) is 0 Å². The molecule has 22 heavy (non-hydrogen) atoms. The van der Waals surface area contributed by atoms with E-state index in [4.69, 9.17) is 0 Å². The minimum absolute atomic E-state index is 0.0156. The SMILES string of the molecule is CC1CCC(C2CCC(C3CC(F)=C(F)C(F)C3)CC2)CC1. The maximum absolute atomic E-state index is 13.6. The molecule has 0 N–H and O–H groups in total. The Balaban J connectivity index is 1.50. The van der Waals surface area contributed by atoms with E-state index in [1.54, 1.807) is 0 Å². The van der Waals surface area contributed by atoms with Crippen molar-refractivity contribution < 1.29 is 13.2 Å². The molecule has 3 aliphatic carbocycles. The molecule has 3 aliphatic rings. The van der Waals surface area contributed by atoms with Gasteiger partial charge in [0.05, 0.1) is 0 Å². The maximum Gasteiger partial charge on any atom is 0.165 e. The van der Waals surface area contributed by atoms with Gasteiger partial charge in [0, 0.05) is 6.42 Å². The number of halogens is 3. The van der Waals surface area contributed by atoms with Crippen LogP contribution in [0.5, 0.6) is 0 Å². The molecule has 0 heterocycles. The second kappa shape index (κ2) is 6.97. The smallest absolute Gasteiger partial charge is 0.165 e. The first-order chi connectivity index (χ1) is 10.5. The second-order valence-corrected chi connectivity index (χ2v) is 8.12. The van der Waals surface area contributed by atoms with Crippen molar-refractivity contribution in [2.45, 2.75) is 77.3 Å². The van der Waals surface area contributed by atoms with E-state index < -0.39 is 17.8 Å². The van der Waals surface area contributed by atoms with E-state index in [-0.39, 0.29) is 18.8 Å². The summed E-state index contributed by atoms with van der Waals surface area (Å²) in [6, 6.07) is 0. The Morgan fingerprint density at radius 3 is 1.68 bits per heavy atom. The van der Waals surface area contributed by atoms with E-state index in [0.717, 1.165) is 30.6 Å². The van der Waals surface area contributed by atoms with Crippen LogP contribution in [0.15, 0.2) is 11.7 Å². The highest BCUT2D eigenvalue weighted by Gasteiger charge is 2.37. The Morgan fingerprint density at radius 2 is 1.18 bits per heavy atom. The summed E-state index contributed by atoms with van der Waals surface area (Å²) in [5.41, 5.74) is 0. The third-order valence-corrected chi connectivity index (χ3v) is 6.70. The van der Waals surface area contributed by atoms with Gasteiger partial charge in [0.2, 0.25) is 0 Å². The van der Waals surface area contributed by atoms with E-state index in [1.165, 1.54) is 38.5 Å². The molecule has 2 atom stereocenters. The molecule has 0 bridgehead atoms. The standard InChI is InChI=1S/C19H29F3/c1-12-2-4-13(5-3-12)14-6-8-15(9-7-14)16-10-17(20)19(22)18(21)11-16/h12-17H,2-11H2,1H3. The first kappa shape index (κ1) is 16.4. The van der Waals surface area contributed by atoms with Crippen LogP contribution in [0, 0.1) is 29.6 Å². The van der Waals surface area contributed by atoms with E-state index in [9.17, 15) is 13.2 Å². The summed E-state index contributed by atoms with van der Waals surface area (Å²) in [5.74, 6) is 1.05. The van der Waals surface area contributed by atoms with Crippen LogP contribution >= 0.6 is 0 Å². The predicted molar refractivity (Wildman–Crippen MR) is 83.4 cm³/mol. The number of allylic oxidation sites excluding steroid dienone is 2. The van der Waals surface area contributed by atoms with Crippen molar-refractivity contribution in [3.8, 4) is 0 Å². The molecule has 0 saturated heterocycles. The van der Waals surface area contributed by atoms with Crippen molar-refractivity contribution in [1.29, 1.82) is 0 Å². The average Bonchev–Trinajstić information content (AvgIpc) is 2.53. The lowest BCUT2D eigenvalue weighted by Gasteiger charge is -2.40. The fraction of sp³-hybridized carbons (Fsp3) is 0.895. The Kier molecular flexibility index (Phi) is 5.19. The summed E-state index contributed by atoms with van der Waals surface area (Å²) in [5, 5.41) is 0. The van der Waals surface area contributed by atoms with Crippen molar-refractivity contribution in [1.82, 2.24) is 0 Å². The third kappa shape index (κ3) is 3.54. The summed E-state index contributed by atoms with van der Waals surface area (Å²) in [6.45, 7) is 2.35. The van der Waals surface area contributed by atoms with Crippen LogP contribution in [0.25, 0.3) is 0 Å². The van der Waals surface area contributed by atoms with E-state index >= 15 is 0 Å². The summed E-state index contributed by atoms with van der Waals surface area (Å²) in [4.78, 5) is 0.